The van der Waals surface area contributed by atoms with E-state index in [1.807, 2.05) is 72.9 Å². The van der Waals surface area contributed by atoms with Gasteiger partial charge in [0.1, 0.15) is 0 Å². The molecule has 1 amide bonds. The molecule has 4 rings (SSSR count). The van der Waals surface area contributed by atoms with Crippen LogP contribution in [0.5, 0.6) is 0 Å². The number of anilines is 1. The molecule has 4 nitrogen and oxygen atoms in total. The van der Waals surface area contributed by atoms with E-state index in [1.54, 1.807) is 0 Å². The van der Waals surface area contributed by atoms with Crippen LogP contribution in [0.25, 0.3) is 11.3 Å². The summed E-state index contributed by atoms with van der Waals surface area (Å²) in [7, 11) is 0. The highest BCUT2D eigenvalue weighted by Crippen LogP contribution is 2.27. The lowest BCUT2D eigenvalue weighted by Crippen LogP contribution is -2.14. The maximum atomic E-state index is 12.4. The van der Waals surface area contributed by atoms with E-state index in [-0.39, 0.29) is 5.91 Å². The third kappa shape index (κ3) is 4.95. The Bertz CT molecular complexity index is 1060. The molecule has 1 aromatic heterocycles. The number of hydrogen-bond acceptors (Lipinski definition) is 3. The average molecular weight is 400 g/mol. The van der Waals surface area contributed by atoms with Crippen LogP contribution in [-0.4, -0.2) is 21.2 Å². The molecular weight excluding hydrogens is 378 g/mol. The zero-order valence-electron chi connectivity index (χ0n) is 15.9. The van der Waals surface area contributed by atoms with E-state index in [4.69, 9.17) is 0 Å². The van der Waals surface area contributed by atoms with Crippen molar-refractivity contribution >= 4 is 23.4 Å². The summed E-state index contributed by atoms with van der Waals surface area (Å²) in [6.45, 7) is 0.702. The van der Waals surface area contributed by atoms with Crippen molar-refractivity contribution in [2.45, 2.75) is 11.7 Å². The predicted molar refractivity (Wildman–Crippen MR) is 119 cm³/mol. The molecule has 0 atom stereocenters. The van der Waals surface area contributed by atoms with Crippen LogP contribution < -0.4 is 5.32 Å². The fraction of sp³-hybridized carbons (Fsp3) is 0.0833. The highest BCUT2D eigenvalue weighted by Gasteiger charge is 2.14. The average Bonchev–Trinajstić information content (AvgIpc) is 3.17. The van der Waals surface area contributed by atoms with Crippen LogP contribution in [-0.2, 0) is 11.3 Å². The van der Waals surface area contributed by atoms with Gasteiger partial charge in [-0.15, -0.1) is 0 Å². The van der Waals surface area contributed by atoms with Crippen molar-refractivity contribution in [3.8, 4) is 11.3 Å². The fourth-order valence-electron chi connectivity index (χ4n) is 3.08. The van der Waals surface area contributed by atoms with Crippen LogP contribution in [0, 0.1) is 0 Å². The molecule has 0 unspecified atom stereocenters. The molecule has 0 aliphatic heterocycles. The normalized spacial score (nSPS) is 10.6. The monoisotopic (exact) mass is 399 g/mol. The van der Waals surface area contributed by atoms with E-state index in [9.17, 15) is 4.79 Å². The number of benzene rings is 3. The smallest absolute Gasteiger partial charge is 0.234 e. The SMILES string of the molecule is O=C(CSc1ncc(-c2ccccc2)n1Cc1ccccc1)Nc1ccccc1. The van der Waals surface area contributed by atoms with Crippen molar-refractivity contribution in [2.75, 3.05) is 11.1 Å². The molecule has 0 fully saturated rings. The zero-order chi connectivity index (χ0) is 19.9. The molecule has 1 heterocycles. The lowest BCUT2D eigenvalue weighted by molar-refractivity contribution is -0.113. The van der Waals surface area contributed by atoms with E-state index in [0.717, 1.165) is 22.1 Å². The van der Waals surface area contributed by atoms with Crippen LogP contribution in [0.1, 0.15) is 5.56 Å². The Hall–Kier alpha value is -3.31. The number of para-hydroxylation sites is 1. The molecule has 0 saturated carbocycles. The Labute approximate surface area is 174 Å². The quantitative estimate of drug-likeness (QED) is 0.427. The number of imidazole rings is 1. The summed E-state index contributed by atoms with van der Waals surface area (Å²) in [6.07, 6.45) is 1.88. The molecule has 0 aliphatic carbocycles. The molecule has 0 spiro atoms. The summed E-state index contributed by atoms with van der Waals surface area (Å²) in [6, 6.07) is 30.0. The minimum absolute atomic E-state index is 0.0447. The van der Waals surface area contributed by atoms with E-state index >= 15 is 0 Å². The van der Waals surface area contributed by atoms with Crippen molar-refractivity contribution in [2.24, 2.45) is 0 Å². The Morgan fingerprint density at radius 1 is 0.862 bits per heavy atom. The van der Waals surface area contributed by atoms with Crippen molar-refractivity contribution < 1.29 is 4.79 Å². The van der Waals surface area contributed by atoms with Crippen LogP contribution in [0.3, 0.4) is 0 Å². The lowest BCUT2D eigenvalue weighted by Gasteiger charge is -2.12. The zero-order valence-corrected chi connectivity index (χ0v) is 16.7. The molecular formula is C24H21N3OS. The van der Waals surface area contributed by atoms with Gasteiger partial charge in [0.05, 0.1) is 24.2 Å². The number of hydrogen-bond donors (Lipinski definition) is 1. The summed E-state index contributed by atoms with van der Waals surface area (Å²) in [5.74, 6) is 0.256. The summed E-state index contributed by atoms with van der Waals surface area (Å²) in [5, 5.41) is 3.75. The van der Waals surface area contributed by atoms with Crippen LogP contribution in [0.4, 0.5) is 5.69 Å². The fourth-order valence-corrected chi connectivity index (χ4v) is 3.86. The first-order valence-electron chi connectivity index (χ1n) is 9.42. The molecule has 0 radical (unpaired) electrons. The van der Waals surface area contributed by atoms with Gasteiger partial charge in [-0.05, 0) is 23.3 Å². The Kier molecular flexibility index (Phi) is 6.07. The van der Waals surface area contributed by atoms with Gasteiger partial charge in [0.25, 0.3) is 0 Å². The number of aromatic nitrogens is 2. The van der Waals surface area contributed by atoms with E-state index in [2.05, 4.69) is 39.1 Å². The molecule has 5 heteroatoms. The standard InChI is InChI=1S/C24H21N3OS/c28-23(26-21-14-8-3-9-15-21)18-29-24-25-16-22(20-12-6-2-7-13-20)27(24)17-19-10-4-1-5-11-19/h1-16H,17-18H2,(H,26,28). The number of nitrogens with one attached hydrogen (secondary N) is 1. The predicted octanol–water partition coefficient (Wildman–Crippen LogP) is 5.33. The van der Waals surface area contributed by atoms with Gasteiger partial charge in [-0.2, -0.15) is 0 Å². The molecule has 1 N–H and O–H groups in total. The van der Waals surface area contributed by atoms with Crippen molar-refractivity contribution in [1.82, 2.24) is 9.55 Å². The molecule has 4 aromatic rings. The summed E-state index contributed by atoms with van der Waals surface area (Å²) in [5.41, 5.74) is 4.14. The molecule has 144 valence electrons. The Morgan fingerprint density at radius 2 is 1.48 bits per heavy atom. The van der Waals surface area contributed by atoms with Gasteiger partial charge in [-0.25, -0.2) is 4.98 Å². The van der Waals surface area contributed by atoms with Gasteiger partial charge in [-0.3, -0.25) is 4.79 Å². The molecule has 0 bridgehead atoms. The summed E-state index contributed by atoms with van der Waals surface area (Å²) in [4.78, 5) is 17.0. The minimum atomic E-state index is -0.0447. The van der Waals surface area contributed by atoms with E-state index in [0.29, 0.717) is 12.3 Å². The number of rotatable bonds is 7. The van der Waals surface area contributed by atoms with Crippen molar-refractivity contribution in [3.63, 3.8) is 0 Å². The first-order chi connectivity index (χ1) is 14.3. The number of amides is 1. The largest absolute Gasteiger partial charge is 0.325 e. The second kappa shape index (κ2) is 9.26. The molecule has 3 aromatic carbocycles. The third-order valence-electron chi connectivity index (χ3n) is 4.46. The third-order valence-corrected chi connectivity index (χ3v) is 5.45. The van der Waals surface area contributed by atoms with Crippen LogP contribution in [0.2, 0.25) is 0 Å². The second-order valence-corrected chi connectivity index (χ2v) is 7.51. The Morgan fingerprint density at radius 3 is 2.17 bits per heavy atom. The van der Waals surface area contributed by atoms with Gasteiger partial charge in [-0.1, -0.05) is 90.6 Å². The summed E-state index contributed by atoms with van der Waals surface area (Å²) >= 11 is 1.45. The Balaban J connectivity index is 1.54. The highest BCUT2D eigenvalue weighted by molar-refractivity contribution is 7.99. The first kappa shape index (κ1) is 19.0. The van der Waals surface area contributed by atoms with E-state index < -0.39 is 0 Å². The topological polar surface area (TPSA) is 46.9 Å². The van der Waals surface area contributed by atoms with E-state index in [1.165, 1.54) is 17.3 Å². The highest BCUT2D eigenvalue weighted by atomic mass is 32.2. The van der Waals surface area contributed by atoms with Crippen LogP contribution in [0.15, 0.2) is 102 Å². The summed E-state index contributed by atoms with van der Waals surface area (Å²) < 4.78 is 2.17. The van der Waals surface area contributed by atoms with Crippen molar-refractivity contribution in [3.05, 3.63) is 103 Å². The molecule has 29 heavy (non-hydrogen) atoms. The number of nitrogens with zero attached hydrogens (tertiary/aromatic N) is 2. The second-order valence-electron chi connectivity index (χ2n) is 6.57. The van der Waals surface area contributed by atoms with Gasteiger partial charge < -0.3 is 9.88 Å². The van der Waals surface area contributed by atoms with Gasteiger partial charge in [0, 0.05) is 5.69 Å². The number of carbonyl (C=O) groups is 1. The maximum absolute atomic E-state index is 12.4. The lowest BCUT2D eigenvalue weighted by atomic mass is 10.1. The van der Waals surface area contributed by atoms with Gasteiger partial charge in [0.2, 0.25) is 5.91 Å². The van der Waals surface area contributed by atoms with Gasteiger partial charge >= 0.3 is 0 Å². The maximum Gasteiger partial charge on any atom is 0.234 e. The van der Waals surface area contributed by atoms with Crippen LogP contribution >= 0.6 is 11.8 Å². The minimum Gasteiger partial charge on any atom is -0.325 e. The van der Waals surface area contributed by atoms with Crippen molar-refractivity contribution in [1.29, 1.82) is 0 Å². The molecule has 0 aliphatic rings. The number of carbonyl (C=O) groups excluding carboxylic acids is 1. The molecule has 0 saturated heterocycles. The first-order valence-corrected chi connectivity index (χ1v) is 10.4. The number of thioether (sulfide) groups is 1. The van der Waals surface area contributed by atoms with Gasteiger partial charge in [0.15, 0.2) is 5.16 Å².